The number of carbonyl (C=O) groups excluding carboxylic acids is 1. The number of benzene rings is 1. The number of anilines is 1. The lowest BCUT2D eigenvalue weighted by atomic mass is 10.1. The number of hydrogen-bond donors (Lipinski definition) is 1. The third-order valence-electron chi connectivity index (χ3n) is 3.61. The van der Waals surface area contributed by atoms with Crippen LogP contribution in [0.3, 0.4) is 0 Å². The largest absolute Gasteiger partial charge is 0.357 e. The summed E-state index contributed by atoms with van der Waals surface area (Å²) in [4.78, 5) is 15.9. The van der Waals surface area contributed by atoms with Gasteiger partial charge < -0.3 is 15.5 Å². The highest BCUT2D eigenvalue weighted by molar-refractivity contribution is 5.86. The van der Waals surface area contributed by atoms with E-state index in [0.29, 0.717) is 6.54 Å². The van der Waals surface area contributed by atoms with Gasteiger partial charge in [-0.15, -0.1) is 0 Å². The van der Waals surface area contributed by atoms with E-state index in [1.165, 1.54) is 5.56 Å². The number of nitrogens with two attached hydrogens (primary N) is 1. The monoisotopic (exact) mass is 247 g/mol. The molecule has 1 atom stereocenters. The zero-order valence-corrected chi connectivity index (χ0v) is 11.1. The van der Waals surface area contributed by atoms with E-state index in [4.69, 9.17) is 5.73 Å². The van der Waals surface area contributed by atoms with Crippen LogP contribution in [0, 0.1) is 0 Å². The van der Waals surface area contributed by atoms with Gasteiger partial charge in [-0.2, -0.15) is 0 Å². The van der Waals surface area contributed by atoms with Crippen molar-refractivity contribution in [3.63, 3.8) is 0 Å². The van der Waals surface area contributed by atoms with Gasteiger partial charge in [0.25, 0.3) is 0 Å². The van der Waals surface area contributed by atoms with Crippen molar-refractivity contribution >= 4 is 11.6 Å². The third kappa shape index (κ3) is 2.34. The normalized spacial score (nSPS) is 20.4. The maximum Gasteiger partial charge on any atom is 0.246 e. The summed E-state index contributed by atoms with van der Waals surface area (Å²) in [6, 6.07) is 8.17. The lowest BCUT2D eigenvalue weighted by Crippen LogP contribution is -2.58. The van der Waals surface area contributed by atoms with Gasteiger partial charge in [0.1, 0.15) is 6.04 Å². The van der Waals surface area contributed by atoms with Crippen LogP contribution in [0.2, 0.25) is 0 Å². The molecule has 4 nitrogen and oxygen atoms in total. The molecule has 0 aliphatic carbocycles. The molecule has 0 bridgehead atoms. The second kappa shape index (κ2) is 5.40. The Morgan fingerprint density at radius 3 is 2.50 bits per heavy atom. The predicted molar refractivity (Wildman–Crippen MR) is 73.6 cm³/mol. The quantitative estimate of drug-likeness (QED) is 0.861. The summed E-state index contributed by atoms with van der Waals surface area (Å²) in [6.45, 7) is 4.09. The van der Waals surface area contributed by atoms with Gasteiger partial charge in [-0.3, -0.25) is 4.79 Å². The highest BCUT2D eigenvalue weighted by atomic mass is 16.2. The molecule has 1 aliphatic heterocycles. The standard InChI is InChI=1S/C14H21N3O/c1-3-11-4-6-12(7-5-11)17-9-8-16(2)14(18)13(17)10-15/h4-7,13H,3,8-10,15H2,1-2H3. The van der Waals surface area contributed by atoms with Crippen LogP contribution in [0.4, 0.5) is 5.69 Å². The molecular weight excluding hydrogens is 226 g/mol. The fraction of sp³-hybridized carbons (Fsp3) is 0.500. The Bertz CT molecular complexity index is 416. The molecule has 1 aromatic carbocycles. The van der Waals surface area contributed by atoms with E-state index in [-0.39, 0.29) is 11.9 Å². The lowest BCUT2D eigenvalue weighted by molar-refractivity contribution is -0.132. The number of piperazine rings is 1. The van der Waals surface area contributed by atoms with Gasteiger partial charge in [0.2, 0.25) is 5.91 Å². The molecule has 0 radical (unpaired) electrons. The van der Waals surface area contributed by atoms with Crippen LogP contribution in [-0.4, -0.2) is 43.5 Å². The minimum atomic E-state index is -0.226. The predicted octanol–water partition coefficient (Wildman–Crippen LogP) is 0.855. The van der Waals surface area contributed by atoms with Gasteiger partial charge in [0.15, 0.2) is 0 Å². The maximum absolute atomic E-state index is 12.1. The average Bonchev–Trinajstić information content (AvgIpc) is 2.42. The molecular formula is C14H21N3O. The molecule has 4 heteroatoms. The molecule has 1 fully saturated rings. The van der Waals surface area contributed by atoms with Gasteiger partial charge >= 0.3 is 0 Å². The molecule has 18 heavy (non-hydrogen) atoms. The van der Waals surface area contributed by atoms with Crippen molar-refractivity contribution < 1.29 is 4.79 Å². The Morgan fingerprint density at radius 2 is 1.94 bits per heavy atom. The summed E-state index contributed by atoms with van der Waals surface area (Å²) in [7, 11) is 1.84. The Balaban J connectivity index is 2.22. The molecule has 1 unspecified atom stereocenters. The highest BCUT2D eigenvalue weighted by Crippen LogP contribution is 2.21. The van der Waals surface area contributed by atoms with Crippen LogP contribution in [0.25, 0.3) is 0 Å². The number of carbonyl (C=O) groups is 1. The van der Waals surface area contributed by atoms with Crippen LogP contribution < -0.4 is 10.6 Å². The first kappa shape index (κ1) is 12.9. The molecule has 0 spiro atoms. The number of hydrogen-bond acceptors (Lipinski definition) is 3. The van der Waals surface area contributed by atoms with Crippen molar-refractivity contribution in [2.45, 2.75) is 19.4 Å². The molecule has 0 saturated carbocycles. The number of rotatable bonds is 3. The first-order chi connectivity index (χ1) is 8.67. The van der Waals surface area contributed by atoms with Crippen molar-refractivity contribution in [2.24, 2.45) is 5.73 Å². The Morgan fingerprint density at radius 1 is 1.28 bits per heavy atom. The van der Waals surface area contributed by atoms with Crippen LogP contribution in [0.5, 0.6) is 0 Å². The Kier molecular flexibility index (Phi) is 3.87. The number of aryl methyl sites for hydroxylation is 1. The number of nitrogens with zero attached hydrogens (tertiary/aromatic N) is 2. The molecule has 2 N–H and O–H groups in total. The summed E-state index contributed by atoms with van der Waals surface area (Å²) in [5.41, 5.74) is 8.15. The first-order valence-electron chi connectivity index (χ1n) is 6.48. The van der Waals surface area contributed by atoms with E-state index in [2.05, 4.69) is 36.1 Å². The molecule has 1 amide bonds. The summed E-state index contributed by atoms with van der Waals surface area (Å²) in [5.74, 6) is 0.114. The highest BCUT2D eigenvalue weighted by Gasteiger charge is 2.31. The van der Waals surface area contributed by atoms with Crippen molar-refractivity contribution in [3.8, 4) is 0 Å². The summed E-state index contributed by atoms with van der Waals surface area (Å²) >= 11 is 0. The summed E-state index contributed by atoms with van der Waals surface area (Å²) in [6.07, 6.45) is 1.03. The van der Waals surface area contributed by atoms with Gasteiger partial charge in [-0.1, -0.05) is 19.1 Å². The Hall–Kier alpha value is -1.55. The maximum atomic E-state index is 12.1. The van der Waals surface area contributed by atoms with E-state index in [1.807, 2.05) is 7.05 Å². The zero-order chi connectivity index (χ0) is 13.1. The molecule has 2 rings (SSSR count). The minimum absolute atomic E-state index is 0.114. The van der Waals surface area contributed by atoms with Crippen LogP contribution in [0.1, 0.15) is 12.5 Å². The molecule has 1 heterocycles. The fourth-order valence-corrected chi connectivity index (χ4v) is 2.37. The van der Waals surface area contributed by atoms with Gasteiger partial charge in [0, 0.05) is 32.4 Å². The van der Waals surface area contributed by atoms with E-state index in [1.54, 1.807) is 4.90 Å². The lowest BCUT2D eigenvalue weighted by Gasteiger charge is -2.40. The van der Waals surface area contributed by atoms with Crippen molar-refractivity contribution in [1.82, 2.24) is 4.90 Å². The average molecular weight is 247 g/mol. The SMILES string of the molecule is CCc1ccc(N2CCN(C)C(=O)C2CN)cc1. The van der Waals surface area contributed by atoms with E-state index < -0.39 is 0 Å². The van der Waals surface area contributed by atoms with Crippen molar-refractivity contribution in [1.29, 1.82) is 0 Å². The molecule has 1 saturated heterocycles. The fourth-order valence-electron chi connectivity index (χ4n) is 2.37. The van der Waals surface area contributed by atoms with E-state index in [9.17, 15) is 4.79 Å². The van der Waals surface area contributed by atoms with Crippen molar-refractivity contribution in [2.75, 3.05) is 31.6 Å². The van der Waals surface area contributed by atoms with Gasteiger partial charge in [-0.05, 0) is 24.1 Å². The minimum Gasteiger partial charge on any atom is -0.357 e. The molecule has 1 aliphatic rings. The van der Waals surface area contributed by atoms with Gasteiger partial charge in [0.05, 0.1) is 0 Å². The number of amides is 1. The topological polar surface area (TPSA) is 49.6 Å². The first-order valence-corrected chi connectivity index (χ1v) is 6.48. The Labute approximate surface area is 108 Å². The summed E-state index contributed by atoms with van der Waals surface area (Å²) < 4.78 is 0. The summed E-state index contributed by atoms with van der Waals surface area (Å²) in [5, 5.41) is 0. The van der Waals surface area contributed by atoms with Crippen LogP contribution >= 0.6 is 0 Å². The van der Waals surface area contributed by atoms with Crippen LogP contribution in [-0.2, 0) is 11.2 Å². The third-order valence-corrected chi connectivity index (χ3v) is 3.61. The number of likely N-dealkylation sites (N-methyl/N-ethyl adjacent to an activating group) is 1. The molecule has 1 aromatic rings. The molecule has 0 aromatic heterocycles. The van der Waals surface area contributed by atoms with Crippen LogP contribution in [0.15, 0.2) is 24.3 Å². The second-order valence-corrected chi connectivity index (χ2v) is 4.72. The van der Waals surface area contributed by atoms with E-state index in [0.717, 1.165) is 25.2 Å². The van der Waals surface area contributed by atoms with E-state index >= 15 is 0 Å². The molecule has 98 valence electrons. The zero-order valence-electron chi connectivity index (χ0n) is 11.1. The van der Waals surface area contributed by atoms with Gasteiger partial charge in [-0.25, -0.2) is 0 Å². The van der Waals surface area contributed by atoms with Crippen molar-refractivity contribution in [3.05, 3.63) is 29.8 Å². The second-order valence-electron chi connectivity index (χ2n) is 4.72. The smallest absolute Gasteiger partial charge is 0.246 e.